The van der Waals surface area contributed by atoms with Gasteiger partial charge in [0.15, 0.2) is 12.0 Å². The Morgan fingerprint density at radius 2 is 2.50 bits per heavy atom. The molecule has 14 heavy (non-hydrogen) atoms. The van der Waals surface area contributed by atoms with Crippen molar-refractivity contribution in [3.05, 3.63) is 23.2 Å². The number of rotatable bonds is 1. The van der Waals surface area contributed by atoms with Crippen LogP contribution in [0.4, 0.5) is 0 Å². The summed E-state index contributed by atoms with van der Waals surface area (Å²) in [5, 5.41) is 4.10. The van der Waals surface area contributed by atoms with Crippen molar-refractivity contribution in [1.82, 2.24) is 9.61 Å². The van der Waals surface area contributed by atoms with Crippen LogP contribution in [0.1, 0.15) is 21.9 Å². The summed E-state index contributed by atoms with van der Waals surface area (Å²) < 4.78 is 7.14. The van der Waals surface area contributed by atoms with Crippen LogP contribution in [0.2, 0.25) is 0 Å². The minimum Gasteiger partial charge on any atom is -0.435 e. The summed E-state index contributed by atoms with van der Waals surface area (Å²) >= 11 is 0. The van der Waals surface area contributed by atoms with Crippen LogP contribution in [0.15, 0.2) is 15.5 Å². The fourth-order valence-corrected chi connectivity index (χ4v) is 1.63. The van der Waals surface area contributed by atoms with Gasteiger partial charge in [0.2, 0.25) is 5.71 Å². The van der Waals surface area contributed by atoms with Crippen molar-refractivity contribution < 1.29 is 9.21 Å². The predicted octanol–water partition coefficient (Wildman–Crippen LogP) is 0.715. The van der Waals surface area contributed by atoms with E-state index in [0.29, 0.717) is 17.7 Å². The van der Waals surface area contributed by atoms with E-state index in [1.54, 1.807) is 16.8 Å². The Labute approximate surface area is 79.0 Å². The van der Waals surface area contributed by atoms with Crippen LogP contribution in [0.25, 0.3) is 5.71 Å². The Morgan fingerprint density at radius 3 is 3.36 bits per heavy atom. The van der Waals surface area contributed by atoms with Crippen LogP contribution in [0.3, 0.4) is 0 Å². The van der Waals surface area contributed by atoms with Gasteiger partial charge >= 0.3 is 0 Å². The number of oxazole rings is 1. The molecule has 0 unspecified atom stereocenters. The molecule has 0 saturated heterocycles. The van der Waals surface area contributed by atoms with Crippen molar-refractivity contribution >= 4 is 18.2 Å². The maximum absolute atomic E-state index is 10.5. The molecular weight excluding hydrogens is 182 g/mol. The summed E-state index contributed by atoms with van der Waals surface area (Å²) in [7, 11) is 0. The first-order valence-electron chi connectivity index (χ1n) is 4.35. The average Bonchev–Trinajstić information content (AvgIpc) is 2.73. The number of aldehydes is 1. The number of aromatic nitrogens is 2. The van der Waals surface area contributed by atoms with E-state index >= 15 is 0 Å². The minimum absolute atomic E-state index is 0.397. The van der Waals surface area contributed by atoms with Crippen molar-refractivity contribution in [2.45, 2.75) is 6.42 Å². The molecule has 1 aliphatic rings. The summed E-state index contributed by atoms with van der Waals surface area (Å²) in [5.74, 6) is 0.746. The lowest BCUT2D eigenvalue weighted by atomic mass is 10.2. The van der Waals surface area contributed by atoms with Gasteiger partial charge in [0.05, 0.1) is 11.9 Å². The first kappa shape index (κ1) is 7.49. The molecule has 0 spiro atoms. The van der Waals surface area contributed by atoms with Gasteiger partial charge in [-0.05, 0) is 0 Å². The molecule has 2 aromatic rings. The number of aliphatic imine (C=N–C) groups is 1. The smallest absolute Gasteiger partial charge is 0.223 e. The molecule has 0 amide bonds. The van der Waals surface area contributed by atoms with Crippen LogP contribution in [0, 0.1) is 0 Å². The zero-order valence-electron chi connectivity index (χ0n) is 7.30. The Bertz CT molecular complexity index is 535. The standard InChI is InChI=1S/C9H7N3O2/c13-5-6-3-9-12(11-6)7-1-2-10-4-8(7)14-9/h3-5H,1-2H2. The number of carbonyl (C=O) groups excluding carboxylic acids is 1. The lowest BCUT2D eigenvalue weighted by molar-refractivity contribution is 0.111. The van der Waals surface area contributed by atoms with Crippen LogP contribution in [-0.4, -0.2) is 28.7 Å². The van der Waals surface area contributed by atoms with Gasteiger partial charge in [-0.3, -0.25) is 9.79 Å². The lowest BCUT2D eigenvalue weighted by Gasteiger charge is -2.00. The maximum atomic E-state index is 10.5. The second-order valence-corrected chi connectivity index (χ2v) is 3.14. The summed E-state index contributed by atoms with van der Waals surface area (Å²) in [6, 6.07) is 1.62. The second-order valence-electron chi connectivity index (χ2n) is 3.14. The van der Waals surface area contributed by atoms with Gasteiger partial charge in [-0.25, -0.2) is 4.52 Å². The number of fused-ring (bicyclic) bond motifs is 3. The Morgan fingerprint density at radius 1 is 1.57 bits per heavy atom. The third-order valence-corrected chi connectivity index (χ3v) is 2.26. The summed E-state index contributed by atoms with van der Waals surface area (Å²) in [6.07, 6.45) is 3.22. The SMILES string of the molecule is O=Cc1cc2oc3c(n2n1)CCN=C3. The maximum Gasteiger partial charge on any atom is 0.223 e. The number of hydrogen-bond donors (Lipinski definition) is 0. The van der Waals surface area contributed by atoms with E-state index < -0.39 is 0 Å². The molecule has 5 nitrogen and oxygen atoms in total. The first-order chi connectivity index (χ1) is 6.88. The molecule has 2 aromatic heterocycles. The van der Waals surface area contributed by atoms with Gasteiger partial charge < -0.3 is 4.42 Å². The van der Waals surface area contributed by atoms with E-state index in [1.165, 1.54) is 0 Å². The molecule has 0 bridgehead atoms. The minimum atomic E-state index is 0.397. The molecule has 0 radical (unpaired) electrons. The third-order valence-electron chi connectivity index (χ3n) is 2.26. The molecule has 3 rings (SSSR count). The van der Waals surface area contributed by atoms with Crippen molar-refractivity contribution in [2.75, 3.05) is 6.54 Å². The van der Waals surface area contributed by atoms with Gasteiger partial charge in [-0.15, -0.1) is 0 Å². The van der Waals surface area contributed by atoms with Crippen molar-refractivity contribution in [3.8, 4) is 0 Å². The monoisotopic (exact) mass is 189 g/mol. The van der Waals surface area contributed by atoms with E-state index in [-0.39, 0.29) is 0 Å². The van der Waals surface area contributed by atoms with E-state index in [1.807, 2.05) is 0 Å². The van der Waals surface area contributed by atoms with E-state index in [0.717, 1.165) is 24.4 Å². The second kappa shape index (κ2) is 2.54. The summed E-state index contributed by atoms with van der Waals surface area (Å²) in [5.41, 5.74) is 1.99. The predicted molar refractivity (Wildman–Crippen MR) is 49.0 cm³/mol. The molecular formula is C9H7N3O2. The molecule has 1 aliphatic heterocycles. The van der Waals surface area contributed by atoms with Crippen LogP contribution >= 0.6 is 0 Å². The topological polar surface area (TPSA) is 59.9 Å². The number of carbonyl (C=O) groups is 1. The third kappa shape index (κ3) is 0.863. The van der Waals surface area contributed by atoms with Gasteiger partial charge in [-0.2, -0.15) is 5.10 Å². The van der Waals surface area contributed by atoms with Crippen molar-refractivity contribution in [3.63, 3.8) is 0 Å². The highest BCUT2D eigenvalue weighted by atomic mass is 16.4. The highest BCUT2D eigenvalue weighted by molar-refractivity contribution is 5.80. The highest BCUT2D eigenvalue weighted by Gasteiger charge is 2.17. The number of nitrogens with zero attached hydrogens (tertiary/aromatic N) is 3. The molecule has 0 aliphatic carbocycles. The fraction of sp³-hybridized carbons (Fsp3) is 0.222. The van der Waals surface area contributed by atoms with Gasteiger partial charge in [0.1, 0.15) is 5.69 Å². The Hall–Kier alpha value is -1.91. The molecule has 3 heterocycles. The molecule has 0 saturated carbocycles. The molecule has 0 aromatic carbocycles. The largest absolute Gasteiger partial charge is 0.435 e. The van der Waals surface area contributed by atoms with Gasteiger partial charge in [0.25, 0.3) is 0 Å². The Kier molecular flexibility index (Phi) is 1.36. The van der Waals surface area contributed by atoms with E-state index in [2.05, 4.69) is 10.1 Å². The van der Waals surface area contributed by atoms with Crippen LogP contribution < -0.4 is 0 Å². The normalized spacial score (nSPS) is 14.6. The molecule has 5 heteroatoms. The number of hydrogen-bond acceptors (Lipinski definition) is 4. The van der Waals surface area contributed by atoms with Crippen molar-refractivity contribution in [1.29, 1.82) is 0 Å². The molecule has 0 N–H and O–H groups in total. The van der Waals surface area contributed by atoms with Crippen LogP contribution in [-0.2, 0) is 6.42 Å². The van der Waals surface area contributed by atoms with Gasteiger partial charge in [-0.1, -0.05) is 0 Å². The molecule has 70 valence electrons. The van der Waals surface area contributed by atoms with E-state index in [4.69, 9.17) is 4.42 Å². The quantitative estimate of drug-likeness (QED) is 0.621. The Balaban J connectivity index is 2.32. The van der Waals surface area contributed by atoms with Gasteiger partial charge in [0, 0.05) is 19.0 Å². The fourth-order valence-electron chi connectivity index (χ4n) is 1.63. The van der Waals surface area contributed by atoms with E-state index in [9.17, 15) is 4.79 Å². The summed E-state index contributed by atoms with van der Waals surface area (Å²) in [6.45, 7) is 0.748. The molecule has 0 fully saturated rings. The highest BCUT2D eigenvalue weighted by Crippen LogP contribution is 2.18. The van der Waals surface area contributed by atoms with Crippen LogP contribution in [0.5, 0.6) is 0 Å². The van der Waals surface area contributed by atoms with Crippen molar-refractivity contribution in [2.24, 2.45) is 4.99 Å². The molecule has 0 atom stereocenters. The lowest BCUT2D eigenvalue weighted by Crippen LogP contribution is -2.04. The first-order valence-corrected chi connectivity index (χ1v) is 4.35. The summed E-state index contributed by atoms with van der Waals surface area (Å²) in [4.78, 5) is 14.6. The zero-order valence-corrected chi connectivity index (χ0v) is 7.30. The average molecular weight is 189 g/mol. The zero-order chi connectivity index (χ0) is 9.54.